The van der Waals surface area contributed by atoms with E-state index in [4.69, 9.17) is 5.14 Å². The number of primary sulfonamides is 1. The number of anilines is 1. The Balaban J connectivity index is 1.91. The predicted molar refractivity (Wildman–Crippen MR) is 87.4 cm³/mol. The maximum Gasteiger partial charge on any atom is 0.257 e. The molecule has 0 spiro atoms. The zero-order chi connectivity index (χ0) is 18.2. The first kappa shape index (κ1) is 16.9. The molecule has 9 heteroatoms. The molecule has 2 aromatic carbocycles. The van der Waals surface area contributed by atoms with Gasteiger partial charge < -0.3 is 5.32 Å². The summed E-state index contributed by atoms with van der Waals surface area (Å²) >= 11 is 0. The number of hydrogen-bond acceptors (Lipinski definition) is 4. The molecule has 6 nitrogen and oxygen atoms in total. The number of sulfonamides is 1. The minimum atomic E-state index is -3.90. The Hall–Kier alpha value is -2.91. The van der Waals surface area contributed by atoms with E-state index in [0.717, 1.165) is 12.1 Å². The summed E-state index contributed by atoms with van der Waals surface area (Å²) in [7, 11) is -3.90. The van der Waals surface area contributed by atoms with Crippen molar-refractivity contribution in [2.45, 2.75) is 4.90 Å². The molecule has 1 heterocycles. The number of carbonyl (C=O) groups is 1. The van der Waals surface area contributed by atoms with Crippen molar-refractivity contribution in [2.24, 2.45) is 5.14 Å². The number of halogens is 2. The van der Waals surface area contributed by atoms with Crippen molar-refractivity contribution >= 4 is 32.5 Å². The lowest BCUT2D eigenvalue weighted by molar-refractivity contribution is 0.102. The lowest BCUT2D eigenvalue weighted by Gasteiger charge is -2.07. The van der Waals surface area contributed by atoms with Crippen molar-refractivity contribution in [3.63, 3.8) is 0 Å². The number of nitrogens with one attached hydrogen (secondary N) is 1. The SMILES string of the molecule is NS(=O)(=O)c1cccc(NC(=O)c2cnc3cc(F)c(F)cc3c2)c1. The second-order valence-corrected chi connectivity index (χ2v) is 6.77. The van der Waals surface area contributed by atoms with E-state index in [1.807, 2.05) is 0 Å². The summed E-state index contributed by atoms with van der Waals surface area (Å²) < 4.78 is 49.2. The average Bonchev–Trinajstić information content (AvgIpc) is 2.55. The van der Waals surface area contributed by atoms with Crippen LogP contribution in [0, 0.1) is 11.6 Å². The van der Waals surface area contributed by atoms with Crippen LogP contribution in [0.1, 0.15) is 10.4 Å². The quantitative estimate of drug-likeness (QED) is 0.746. The highest BCUT2D eigenvalue weighted by molar-refractivity contribution is 7.89. The summed E-state index contributed by atoms with van der Waals surface area (Å²) in [6, 6.07) is 8.63. The number of fused-ring (bicyclic) bond motifs is 1. The number of pyridine rings is 1. The molecule has 0 unspecified atom stereocenters. The van der Waals surface area contributed by atoms with Gasteiger partial charge in [-0.05, 0) is 30.3 Å². The molecule has 25 heavy (non-hydrogen) atoms. The number of benzene rings is 2. The summed E-state index contributed by atoms with van der Waals surface area (Å²) in [5.41, 5.74) is 0.507. The molecule has 0 aliphatic carbocycles. The summed E-state index contributed by atoms with van der Waals surface area (Å²) in [5.74, 6) is -2.67. The highest BCUT2D eigenvalue weighted by Gasteiger charge is 2.12. The second kappa shape index (κ2) is 6.19. The van der Waals surface area contributed by atoms with Crippen molar-refractivity contribution in [1.29, 1.82) is 0 Å². The normalized spacial score (nSPS) is 11.5. The van der Waals surface area contributed by atoms with Crippen LogP contribution in [0.5, 0.6) is 0 Å². The Morgan fingerprint density at radius 2 is 1.80 bits per heavy atom. The molecule has 3 aromatic rings. The van der Waals surface area contributed by atoms with Gasteiger partial charge in [-0.25, -0.2) is 22.3 Å². The van der Waals surface area contributed by atoms with Crippen LogP contribution in [0.3, 0.4) is 0 Å². The van der Waals surface area contributed by atoms with Crippen LogP contribution < -0.4 is 10.5 Å². The maximum absolute atomic E-state index is 13.3. The first-order valence-corrected chi connectivity index (χ1v) is 8.48. The molecular weight excluding hydrogens is 352 g/mol. The first-order valence-electron chi connectivity index (χ1n) is 6.93. The highest BCUT2D eigenvalue weighted by atomic mass is 32.2. The Labute approximate surface area is 141 Å². The van der Waals surface area contributed by atoms with Gasteiger partial charge in [0.05, 0.1) is 16.0 Å². The monoisotopic (exact) mass is 363 g/mol. The van der Waals surface area contributed by atoms with E-state index in [-0.39, 0.29) is 27.0 Å². The van der Waals surface area contributed by atoms with E-state index >= 15 is 0 Å². The van der Waals surface area contributed by atoms with Crippen molar-refractivity contribution in [3.8, 4) is 0 Å². The van der Waals surface area contributed by atoms with Gasteiger partial charge in [-0.2, -0.15) is 0 Å². The molecule has 0 bridgehead atoms. The minimum absolute atomic E-state index is 0.0968. The Kier molecular flexibility index (Phi) is 4.19. The number of nitrogens with zero attached hydrogens (tertiary/aromatic N) is 1. The third-order valence-corrected chi connectivity index (χ3v) is 4.32. The molecule has 0 aliphatic heterocycles. The van der Waals surface area contributed by atoms with Crippen LogP contribution in [-0.4, -0.2) is 19.3 Å². The molecule has 0 atom stereocenters. The molecule has 128 valence electrons. The number of aromatic nitrogens is 1. The Bertz CT molecular complexity index is 1100. The van der Waals surface area contributed by atoms with Crippen molar-refractivity contribution in [1.82, 2.24) is 4.98 Å². The summed E-state index contributed by atoms with van der Waals surface area (Å²) in [4.78, 5) is 16.0. The standard InChI is InChI=1S/C16H11F2N3O3S/c17-13-5-9-4-10(8-20-15(9)7-14(13)18)16(22)21-11-2-1-3-12(6-11)25(19,23)24/h1-8H,(H,21,22)(H2,19,23,24). The highest BCUT2D eigenvalue weighted by Crippen LogP contribution is 2.19. The van der Waals surface area contributed by atoms with Crippen LogP contribution >= 0.6 is 0 Å². The van der Waals surface area contributed by atoms with E-state index in [1.165, 1.54) is 36.5 Å². The van der Waals surface area contributed by atoms with Gasteiger partial charge in [-0.15, -0.1) is 0 Å². The fourth-order valence-electron chi connectivity index (χ4n) is 2.20. The van der Waals surface area contributed by atoms with Crippen LogP contribution in [0.25, 0.3) is 10.9 Å². The fourth-order valence-corrected chi connectivity index (χ4v) is 2.76. The van der Waals surface area contributed by atoms with Gasteiger partial charge in [0, 0.05) is 23.3 Å². The topological polar surface area (TPSA) is 102 Å². The molecule has 0 aliphatic rings. The summed E-state index contributed by atoms with van der Waals surface area (Å²) in [6.07, 6.45) is 1.21. The summed E-state index contributed by atoms with van der Waals surface area (Å²) in [6.45, 7) is 0. The van der Waals surface area contributed by atoms with Crippen LogP contribution in [-0.2, 0) is 10.0 Å². The van der Waals surface area contributed by atoms with E-state index in [0.29, 0.717) is 0 Å². The maximum atomic E-state index is 13.3. The largest absolute Gasteiger partial charge is 0.322 e. The van der Waals surface area contributed by atoms with Gasteiger partial charge >= 0.3 is 0 Å². The van der Waals surface area contributed by atoms with Gasteiger partial charge in [0.1, 0.15) is 0 Å². The minimum Gasteiger partial charge on any atom is -0.322 e. The molecule has 0 fully saturated rings. The van der Waals surface area contributed by atoms with Crippen LogP contribution in [0.15, 0.2) is 53.6 Å². The molecular formula is C16H11F2N3O3S. The van der Waals surface area contributed by atoms with E-state index in [2.05, 4.69) is 10.3 Å². The predicted octanol–water partition coefficient (Wildman–Crippen LogP) is 2.41. The van der Waals surface area contributed by atoms with Gasteiger partial charge in [0.25, 0.3) is 5.91 Å². The Morgan fingerprint density at radius 3 is 2.52 bits per heavy atom. The molecule has 1 aromatic heterocycles. The second-order valence-electron chi connectivity index (χ2n) is 5.21. The lowest BCUT2D eigenvalue weighted by atomic mass is 10.1. The number of rotatable bonds is 3. The zero-order valence-corrected chi connectivity index (χ0v) is 13.3. The third kappa shape index (κ3) is 3.62. The first-order chi connectivity index (χ1) is 11.7. The van der Waals surface area contributed by atoms with E-state index < -0.39 is 27.6 Å². The van der Waals surface area contributed by atoms with Gasteiger partial charge in [-0.1, -0.05) is 6.07 Å². The lowest BCUT2D eigenvalue weighted by Crippen LogP contribution is -2.15. The summed E-state index contributed by atoms with van der Waals surface area (Å²) in [5, 5.41) is 7.79. The third-order valence-electron chi connectivity index (χ3n) is 3.41. The van der Waals surface area contributed by atoms with E-state index in [1.54, 1.807) is 0 Å². The smallest absolute Gasteiger partial charge is 0.257 e. The number of nitrogens with two attached hydrogens (primary N) is 1. The van der Waals surface area contributed by atoms with Crippen molar-refractivity contribution in [3.05, 3.63) is 65.9 Å². The van der Waals surface area contributed by atoms with Crippen molar-refractivity contribution in [2.75, 3.05) is 5.32 Å². The molecule has 0 saturated carbocycles. The molecule has 0 saturated heterocycles. The molecule has 1 amide bonds. The van der Waals surface area contributed by atoms with Gasteiger partial charge in [-0.3, -0.25) is 9.78 Å². The van der Waals surface area contributed by atoms with Crippen molar-refractivity contribution < 1.29 is 22.0 Å². The number of hydrogen-bond donors (Lipinski definition) is 2. The van der Waals surface area contributed by atoms with E-state index in [9.17, 15) is 22.0 Å². The number of carbonyl (C=O) groups excluding carboxylic acids is 1. The molecule has 3 N–H and O–H groups in total. The fraction of sp³-hybridized carbons (Fsp3) is 0. The zero-order valence-electron chi connectivity index (χ0n) is 12.5. The van der Waals surface area contributed by atoms with Gasteiger partial charge in [0.15, 0.2) is 11.6 Å². The van der Waals surface area contributed by atoms with Gasteiger partial charge in [0.2, 0.25) is 10.0 Å². The molecule has 0 radical (unpaired) electrons. The number of amides is 1. The van der Waals surface area contributed by atoms with Crippen LogP contribution in [0.2, 0.25) is 0 Å². The average molecular weight is 363 g/mol. The Morgan fingerprint density at radius 1 is 1.08 bits per heavy atom. The molecule has 3 rings (SSSR count). The van der Waals surface area contributed by atoms with Crippen LogP contribution in [0.4, 0.5) is 14.5 Å².